The van der Waals surface area contributed by atoms with Gasteiger partial charge in [0.15, 0.2) is 17.5 Å². The Kier molecular flexibility index (Phi) is 6.57. The lowest BCUT2D eigenvalue weighted by Crippen LogP contribution is -1.99. The molecular formula is C25H25N3O2S. The fraction of sp³-hybridized carbons (Fsp3) is 0.240. The van der Waals surface area contributed by atoms with Gasteiger partial charge >= 0.3 is 0 Å². The van der Waals surface area contributed by atoms with Crippen LogP contribution in [0.4, 0.5) is 0 Å². The maximum absolute atomic E-state index is 10.3. The number of benzene rings is 2. The first kappa shape index (κ1) is 21.0. The number of rotatable bonds is 8. The van der Waals surface area contributed by atoms with E-state index >= 15 is 0 Å². The van der Waals surface area contributed by atoms with E-state index in [9.17, 15) is 10.2 Å². The third kappa shape index (κ3) is 4.91. The second kappa shape index (κ2) is 9.71. The van der Waals surface area contributed by atoms with E-state index in [4.69, 9.17) is 0 Å². The standard InChI is InChI=1S/C25H25N3O2S/c1-2-3-4-5-10-17-15-16-22(31-17)25-27-23(18-11-6-8-13-20(18)29)26-24(28-25)19-12-7-9-14-21(19)30/h6-9,11-16,29-30H,2-5,10H2,1H3. The highest BCUT2D eigenvalue weighted by Gasteiger charge is 2.17. The van der Waals surface area contributed by atoms with E-state index in [2.05, 4.69) is 27.9 Å². The van der Waals surface area contributed by atoms with Crippen molar-refractivity contribution in [2.45, 2.75) is 39.0 Å². The third-order valence-electron chi connectivity index (χ3n) is 5.08. The molecule has 0 spiro atoms. The lowest BCUT2D eigenvalue weighted by molar-refractivity contribution is 0.477. The van der Waals surface area contributed by atoms with Crippen molar-refractivity contribution in [2.24, 2.45) is 0 Å². The largest absolute Gasteiger partial charge is 0.507 e. The Morgan fingerprint density at radius 3 is 1.84 bits per heavy atom. The van der Waals surface area contributed by atoms with Crippen molar-refractivity contribution in [1.82, 2.24) is 15.0 Å². The van der Waals surface area contributed by atoms with Crippen LogP contribution in [0.15, 0.2) is 60.7 Å². The number of thiophene rings is 1. The average Bonchev–Trinajstić information content (AvgIpc) is 3.26. The second-order valence-corrected chi connectivity index (χ2v) is 8.59. The number of nitrogens with zero attached hydrogens (tertiary/aromatic N) is 3. The quantitative estimate of drug-likeness (QED) is 0.313. The Hall–Kier alpha value is -3.25. The summed E-state index contributed by atoms with van der Waals surface area (Å²) in [7, 11) is 0. The molecule has 2 heterocycles. The van der Waals surface area contributed by atoms with Gasteiger partial charge < -0.3 is 10.2 Å². The topological polar surface area (TPSA) is 79.1 Å². The van der Waals surface area contributed by atoms with Crippen LogP contribution in [0.3, 0.4) is 0 Å². The van der Waals surface area contributed by atoms with Gasteiger partial charge in [-0.05, 0) is 49.2 Å². The number of unbranched alkanes of at least 4 members (excludes halogenated alkanes) is 3. The molecule has 0 fully saturated rings. The van der Waals surface area contributed by atoms with Crippen molar-refractivity contribution in [2.75, 3.05) is 0 Å². The van der Waals surface area contributed by atoms with Crippen molar-refractivity contribution in [3.05, 3.63) is 65.5 Å². The van der Waals surface area contributed by atoms with Gasteiger partial charge in [0.2, 0.25) is 0 Å². The molecule has 4 aromatic rings. The van der Waals surface area contributed by atoms with Crippen molar-refractivity contribution in [1.29, 1.82) is 0 Å². The Morgan fingerprint density at radius 1 is 0.677 bits per heavy atom. The van der Waals surface area contributed by atoms with Crippen LogP contribution in [0.25, 0.3) is 33.5 Å². The monoisotopic (exact) mass is 431 g/mol. The van der Waals surface area contributed by atoms with Crippen LogP contribution in [0.5, 0.6) is 11.5 Å². The summed E-state index contributed by atoms with van der Waals surface area (Å²) in [6, 6.07) is 18.1. The van der Waals surface area contributed by atoms with Crippen molar-refractivity contribution < 1.29 is 10.2 Å². The summed E-state index contributed by atoms with van der Waals surface area (Å²) < 4.78 is 0. The Balaban J connectivity index is 1.75. The van der Waals surface area contributed by atoms with Crippen LogP contribution in [-0.2, 0) is 6.42 Å². The molecule has 0 saturated carbocycles. The molecule has 5 nitrogen and oxygen atoms in total. The maximum Gasteiger partial charge on any atom is 0.174 e. The molecule has 0 saturated heterocycles. The minimum Gasteiger partial charge on any atom is -0.507 e. The number of phenols is 2. The summed E-state index contributed by atoms with van der Waals surface area (Å²) in [4.78, 5) is 16.1. The van der Waals surface area contributed by atoms with E-state index in [1.54, 1.807) is 47.7 Å². The number of hydrogen-bond acceptors (Lipinski definition) is 6. The molecule has 2 aromatic carbocycles. The lowest BCUT2D eigenvalue weighted by Gasteiger charge is -2.09. The van der Waals surface area contributed by atoms with Crippen molar-refractivity contribution >= 4 is 11.3 Å². The van der Waals surface area contributed by atoms with Crippen molar-refractivity contribution in [3.8, 4) is 45.0 Å². The zero-order valence-corrected chi connectivity index (χ0v) is 18.3. The molecule has 0 aliphatic heterocycles. The molecule has 0 atom stereocenters. The van der Waals surface area contributed by atoms with E-state index in [-0.39, 0.29) is 11.5 Å². The minimum atomic E-state index is 0.102. The smallest absolute Gasteiger partial charge is 0.174 e. The molecule has 0 aliphatic carbocycles. The van der Waals surface area contributed by atoms with Crippen LogP contribution in [0, 0.1) is 0 Å². The molecule has 0 radical (unpaired) electrons. The highest BCUT2D eigenvalue weighted by atomic mass is 32.1. The molecule has 0 aliphatic rings. The first-order valence-corrected chi connectivity index (χ1v) is 11.4. The first-order chi connectivity index (χ1) is 15.2. The first-order valence-electron chi connectivity index (χ1n) is 10.6. The predicted molar refractivity (Wildman–Crippen MR) is 125 cm³/mol. The van der Waals surface area contributed by atoms with Crippen LogP contribution < -0.4 is 0 Å². The van der Waals surface area contributed by atoms with Gasteiger partial charge in [0.05, 0.1) is 16.0 Å². The number of aryl methyl sites for hydroxylation is 1. The van der Waals surface area contributed by atoms with E-state index in [0.29, 0.717) is 28.6 Å². The SMILES string of the molecule is CCCCCCc1ccc(-c2nc(-c3ccccc3O)nc(-c3ccccc3O)n2)s1. The van der Waals surface area contributed by atoms with Gasteiger partial charge in [-0.3, -0.25) is 0 Å². The fourth-order valence-electron chi connectivity index (χ4n) is 3.41. The summed E-state index contributed by atoms with van der Waals surface area (Å²) in [5.41, 5.74) is 1.05. The number of para-hydroxylation sites is 2. The summed E-state index contributed by atoms with van der Waals surface area (Å²) in [6.45, 7) is 2.22. The normalized spacial score (nSPS) is 11.0. The van der Waals surface area contributed by atoms with Crippen LogP contribution >= 0.6 is 11.3 Å². The molecule has 0 bridgehead atoms. The molecule has 6 heteroatoms. The Morgan fingerprint density at radius 2 is 1.26 bits per heavy atom. The van der Waals surface area contributed by atoms with Gasteiger partial charge in [-0.1, -0.05) is 50.5 Å². The van der Waals surface area contributed by atoms with Gasteiger partial charge in [-0.15, -0.1) is 11.3 Å². The molecule has 4 rings (SSSR count). The van der Waals surface area contributed by atoms with E-state index in [1.807, 2.05) is 18.2 Å². The van der Waals surface area contributed by atoms with Gasteiger partial charge in [-0.2, -0.15) is 0 Å². The third-order valence-corrected chi connectivity index (χ3v) is 6.23. The summed E-state index contributed by atoms with van der Waals surface area (Å²) in [6.07, 6.45) is 5.96. The van der Waals surface area contributed by atoms with Gasteiger partial charge in [0.1, 0.15) is 11.5 Å². The number of aromatic nitrogens is 3. The molecule has 2 aromatic heterocycles. The summed E-state index contributed by atoms with van der Waals surface area (Å²) >= 11 is 1.68. The minimum absolute atomic E-state index is 0.102. The maximum atomic E-state index is 10.3. The van der Waals surface area contributed by atoms with Gasteiger partial charge in [0, 0.05) is 4.88 Å². The number of aromatic hydroxyl groups is 2. The zero-order chi connectivity index (χ0) is 21.6. The summed E-state index contributed by atoms with van der Waals surface area (Å²) in [5, 5.41) is 20.7. The summed E-state index contributed by atoms with van der Waals surface area (Å²) in [5.74, 6) is 1.49. The van der Waals surface area contributed by atoms with Crippen LogP contribution in [0.1, 0.15) is 37.5 Å². The average molecular weight is 432 g/mol. The van der Waals surface area contributed by atoms with E-state index in [1.165, 1.54) is 30.6 Å². The second-order valence-electron chi connectivity index (χ2n) is 7.42. The van der Waals surface area contributed by atoms with Gasteiger partial charge in [-0.25, -0.2) is 15.0 Å². The van der Waals surface area contributed by atoms with Crippen molar-refractivity contribution in [3.63, 3.8) is 0 Å². The Labute approximate surface area is 186 Å². The molecule has 31 heavy (non-hydrogen) atoms. The molecule has 2 N–H and O–H groups in total. The molecule has 158 valence electrons. The van der Waals surface area contributed by atoms with Crippen LogP contribution in [-0.4, -0.2) is 25.2 Å². The molecular weight excluding hydrogens is 406 g/mol. The molecule has 0 amide bonds. The zero-order valence-electron chi connectivity index (χ0n) is 17.5. The van der Waals surface area contributed by atoms with E-state index in [0.717, 1.165) is 11.3 Å². The Bertz CT molecular complexity index is 1110. The fourth-order valence-corrected chi connectivity index (χ4v) is 4.39. The highest BCUT2D eigenvalue weighted by molar-refractivity contribution is 7.15. The number of phenolic OH excluding ortho intramolecular Hbond substituents is 2. The highest BCUT2D eigenvalue weighted by Crippen LogP contribution is 2.34. The lowest BCUT2D eigenvalue weighted by atomic mass is 10.1. The predicted octanol–water partition coefficient (Wildman–Crippen LogP) is 6.47. The number of hydrogen-bond donors (Lipinski definition) is 2. The molecule has 0 unspecified atom stereocenters. The van der Waals surface area contributed by atoms with Crippen LogP contribution in [0.2, 0.25) is 0 Å². The van der Waals surface area contributed by atoms with E-state index < -0.39 is 0 Å². The van der Waals surface area contributed by atoms with Gasteiger partial charge in [0.25, 0.3) is 0 Å².